The summed E-state index contributed by atoms with van der Waals surface area (Å²) in [7, 11) is 0. The molecule has 30 heavy (non-hydrogen) atoms. The fraction of sp³-hybridized carbons (Fsp3) is 0.238. The van der Waals surface area contributed by atoms with E-state index in [2.05, 4.69) is 15.3 Å². The maximum Gasteiger partial charge on any atom is 0.407 e. The average molecular weight is 423 g/mol. The van der Waals surface area contributed by atoms with Crippen molar-refractivity contribution in [2.75, 3.05) is 36.4 Å². The van der Waals surface area contributed by atoms with Gasteiger partial charge in [0.1, 0.15) is 5.82 Å². The predicted molar refractivity (Wildman–Crippen MR) is 116 cm³/mol. The van der Waals surface area contributed by atoms with Gasteiger partial charge in [-0.05, 0) is 19.1 Å². The van der Waals surface area contributed by atoms with E-state index in [0.717, 1.165) is 22.0 Å². The van der Waals surface area contributed by atoms with Crippen LogP contribution in [-0.2, 0) is 0 Å². The molecule has 8 nitrogen and oxygen atoms in total. The van der Waals surface area contributed by atoms with Gasteiger partial charge in [0.2, 0.25) is 0 Å². The van der Waals surface area contributed by atoms with Gasteiger partial charge in [0.15, 0.2) is 5.13 Å². The molecule has 0 saturated carbocycles. The molecule has 1 aliphatic heterocycles. The average Bonchev–Trinajstić information content (AvgIpc) is 3.14. The number of rotatable bonds is 4. The number of pyridine rings is 1. The zero-order chi connectivity index (χ0) is 21.1. The number of carboxylic acid groups (broad SMARTS) is 1. The maximum atomic E-state index is 12.6. The fourth-order valence-electron chi connectivity index (χ4n) is 3.32. The van der Waals surface area contributed by atoms with Crippen molar-refractivity contribution < 1.29 is 14.7 Å². The van der Waals surface area contributed by atoms with Gasteiger partial charge in [-0.15, -0.1) is 11.3 Å². The Morgan fingerprint density at radius 2 is 1.80 bits per heavy atom. The van der Waals surface area contributed by atoms with E-state index in [9.17, 15) is 9.59 Å². The Hall–Kier alpha value is -3.46. The highest BCUT2D eigenvalue weighted by Crippen LogP contribution is 2.30. The van der Waals surface area contributed by atoms with Crippen molar-refractivity contribution in [3.8, 4) is 11.3 Å². The lowest BCUT2D eigenvalue weighted by Crippen LogP contribution is -2.48. The van der Waals surface area contributed by atoms with Gasteiger partial charge in [-0.2, -0.15) is 0 Å². The number of aromatic nitrogens is 2. The van der Waals surface area contributed by atoms with Crippen molar-refractivity contribution in [1.82, 2.24) is 14.9 Å². The predicted octanol–water partition coefficient (Wildman–Crippen LogP) is 3.57. The molecule has 0 atom stereocenters. The summed E-state index contributed by atoms with van der Waals surface area (Å²) in [4.78, 5) is 37.0. The van der Waals surface area contributed by atoms with Gasteiger partial charge in [-0.3, -0.25) is 10.1 Å². The minimum absolute atomic E-state index is 0.266. The van der Waals surface area contributed by atoms with E-state index in [0.29, 0.717) is 36.9 Å². The zero-order valence-corrected chi connectivity index (χ0v) is 17.2. The summed E-state index contributed by atoms with van der Waals surface area (Å²) in [5.74, 6) is 0.464. The largest absolute Gasteiger partial charge is 0.465 e. The molecule has 0 bridgehead atoms. The van der Waals surface area contributed by atoms with E-state index in [1.807, 2.05) is 42.2 Å². The van der Waals surface area contributed by atoms with Crippen molar-refractivity contribution in [3.63, 3.8) is 0 Å². The van der Waals surface area contributed by atoms with Gasteiger partial charge in [-0.1, -0.05) is 30.3 Å². The zero-order valence-electron chi connectivity index (χ0n) is 16.4. The van der Waals surface area contributed by atoms with Gasteiger partial charge in [-0.25, -0.2) is 14.8 Å². The van der Waals surface area contributed by atoms with Crippen molar-refractivity contribution in [3.05, 3.63) is 59.1 Å². The van der Waals surface area contributed by atoms with E-state index in [4.69, 9.17) is 5.11 Å². The first-order valence-corrected chi connectivity index (χ1v) is 10.4. The van der Waals surface area contributed by atoms with Crippen LogP contribution >= 0.6 is 11.3 Å². The quantitative estimate of drug-likeness (QED) is 0.666. The number of carbonyl (C=O) groups excluding carboxylic acids is 1. The molecule has 0 radical (unpaired) electrons. The number of piperazine rings is 1. The number of hydrogen-bond acceptors (Lipinski definition) is 6. The molecular weight excluding hydrogens is 402 g/mol. The first-order valence-electron chi connectivity index (χ1n) is 9.54. The summed E-state index contributed by atoms with van der Waals surface area (Å²) in [6.07, 6.45) is 0.634. The minimum atomic E-state index is -0.900. The lowest BCUT2D eigenvalue weighted by atomic mass is 10.1. The molecular formula is C21H21N5O3S. The summed E-state index contributed by atoms with van der Waals surface area (Å²) >= 11 is 1.44. The molecule has 1 fully saturated rings. The van der Waals surface area contributed by atoms with Crippen molar-refractivity contribution in [1.29, 1.82) is 0 Å². The Morgan fingerprint density at radius 3 is 2.43 bits per heavy atom. The second-order valence-corrected chi connectivity index (χ2v) is 8.11. The van der Waals surface area contributed by atoms with Crippen LogP contribution < -0.4 is 10.2 Å². The van der Waals surface area contributed by atoms with Crippen molar-refractivity contribution in [2.24, 2.45) is 0 Å². The highest BCUT2D eigenvalue weighted by molar-refractivity contribution is 7.16. The summed E-state index contributed by atoms with van der Waals surface area (Å²) in [6.45, 7) is 4.01. The number of carbonyl (C=O) groups is 2. The number of benzene rings is 1. The van der Waals surface area contributed by atoms with E-state index < -0.39 is 6.09 Å². The fourth-order valence-corrected chi connectivity index (χ4v) is 4.15. The molecule has 0 unspecified atom stereocenters. The third kappa shape index (κ3) is 4.25. The molecule has 1 saturated heterocycles. The van der Waals surface area contributed by atoms with Crippen molar-refractivity contribution >= 4 is 34.3 Å². The second kappa shape index (κ2) is 8.50. The number of hydrogen-bond donors (Lipinski definition) is 2. The van der Waals surface area contributed by atoms with E-state index in [1.165, 1.54) is 22.4 Å². The van der Waals surface area contributed by atoms with E-state index in [1.54, 1.807) is 12.1 Å². The van der Waals surface area contributed by atoms with Crippen LogP contribution in [0, 0.1) is 6.92 Å². The van der Waals surface area contributed by atoms with Gasteiger partial charge in [0, 0.05) is 42.8 Å². The summed E-state index contributed by atoms with van der Waals surface area (Å²) in [6, 6.07) is 13.4. The molecule has 3 heterocycles. The first kappa shape index (κ1) is 19.8. The highest BCUT2D eigenvalue weighted by atomic mass is 32.1. The van der Waals surface area contributed by atoms with Gasteiger partial charge in [0.05, 0.1) is 11.3 Å². The molecule has 0 spiro atoms. The molecule has 4 rings (SSSR count). The summed E-state index contributed by atoms with van der Waals surface area (Å²) in [5, 5.41) is 12.4. The van der Waals surface area contributed by atoms with Gasteiger partial charge < -0.3 is 14.9 Å². The first-order chi connectivity index (χ1) is 14.5. The molecule has 3 aromatic rings. The van der Waals surface area contributed by atoms with E-state index in [-0.39, 0.29) is 5.91 Å². The smallest absolute Gasteiger partial charge is 0.407 e. The van der Waals surface area contributed by atoms with Gasteiger partial charge in [0.25, 0.3) is 5.91 Å². The number of anilines is 2. The molecule has 9 heteroatoms. The Kier molecular flexibility index (Phi) is 5.62. The Labute approximate surface area is 177 Å². The van der Waals surface area contributed by atoms with Gasteiger partial charge >= 0.3 is 6.09 Å². The number of amides is 2. The molecule has 2 amide bonds. The SMILES string of the molecule is Cc1sc(NC(=O)c2ccc(N3CCN(C(=O)O)CC3)nc2)nc1-c1ccccc1. The van der Waals surface area contributed by atoms with Crippen LogP contribution in [0.5, 0.6) is 0 Å². The maximum absolute atomic E-state index is 12.6. The Morgan fingerprint density at radius 1 is 1.07 bits per heavy atom. The second-order valence-electron chi connectivity index (χ2n) is 6.91. The number of thiazole rings is 1. The lowest BCUT2D eigenvalue weighted by molar-refractivity contribution is 0.102. The van der Waals surface area contributed by atoms with Crippen LogP contribution in [0.25, 0.3) is 11.3 Å². The van der Waals surface area contributed by atoms with Crippen molar-refractivity contribution in [2.45, 2.75) is 6.92 Å². The molecule has 2 N–H and O–H groups in total. The standard InChI is InChI=1S/C21H21N5O3S/c1-14-18(15-5-3-2-4-6-15)23-20(30-14)24-19(27)16-7-8-17(22-13-16)25-9-11-26(12-10-25)21(28)29/h2-8,13H,9-12H2,1H3,(H,28,29)(H,23,24,27). The summed E-state index contributed by atoms with van der Waals surface area (Å²) in [5.41, 5.74) is 2.32. The topological polar surface area (TPSA) is 98.7 Å². The van der Waals surface area contributed by atoms with Crippen LogP contribution in [-0.4, -0.2) is 58.2 Å². The molecule has 2 aromatic heterocycles. The highest BCUT2D eigenvalue weighted by Gasteiger charge is 2.21. The molecule has 0 aliphatic carbocycles. The normalized spacial score (nSPS) is 13.9. The number of nitrogens with one attached hydrogen (secondary N) is 1. The van der Waals surface area contributed by atoms with E-state index >= 15 is 0 Å². The number of aryl methyl sites for hydroxylation is 1. The monoisotopic (exact) mass is 423 g/mol. The Bertz CT molecular complexity index is 1040. The molecule has 1 aliphatic rings. The molecule has 154 valence electrons. The summed E-state index contributed by atoms with van der Waals surface area (Å²) < 4.78 is 0. The lowest BCUT2D eigenvalue weighted by Gasteiger charge is -2.33. The number of nitrogens with zero attached hydrogens (tertiary/aromatic N) is 4. The van der Waals surface area contributed by atoms with Crippen LogP contribution in [0.1, 0.15) is 15.2 Å². The third-order valence-electron chi connectivity index (χ3n) is 4.95. The van der Waals surface area contributed by atoms with Crippen LogP contribution in [0.3, 0.4) is 0 Å². The minimum Gasteiger partial charge on any atom is -0.465 e. The Balaban J connectivity index is 1.41. The van der Waals surface area contributed by atoms with Crippen LogP contribution in [0.2, 0.25) is 0 Å². The van der Waals surface area contributed by atoms with Crippen LogP contribution in [0.4, 0.5) is 15.7 Å². The molecule has 1 aromatic carbocycles. The van der Waals surface area contributed by atoms with Crippen LogP contribution in [0.15, 0.2) is 48.7 Å². The third-order valence-corrected chi connectivity index (χ3v) is 5.83.